The molecule has 1 aliphatic carbocycles. The molecule has 3 nitrogen and oxygen atoms in total. The second kappa shape index (κ2) is 3.77. The number of benzene rings is 1. The first-order valence-corrected chi connectivity index (χ1v) is 6.15. The van der Waals surface area contributed by atoms with Crippen LogP contribution in [0.1, 0.15) is 37.0 Å². The molecule has 1 saturated carbocycles. The molecule has 1 unspecified atom stereocenters. The molecular formula is C14H17NO2. The lowest BCUT2D eigenvalue weighted by Crippen LogP contribution is -2.18. The summed E-state index contributed by atoms with van der Waals surface area (Å²) in [5.74, 6) is 1.94. The fourth-order valence-electron chi connectivity index (χ4n) is 2.36. The van der Waals surface area contributed by atoms with Crippen LogP contribution in [0.2, 0.25) is 0 Å². The van der Waals surface area contributed by atoms with E-state index in [2.05, 4.69) is 0 Å². The zero-order valence-corrected chi connectivity index (χ0v) is 9.94. The predicted octanol–water partition coefficient (Wildman–Crippen LogP) is 2.91. The van der Waals surface area contributed by atoms with Gasteiger partial charge in [0.15, 0.2) is 0 Å². The maximum Gasteiger partial charge on any atom is 0.134 e. The normalized spacial score (nSPS) is 17.5. The molecule has 1 atom stereocenters. The molecule has 0 bridgehead atoms. The van der Waals surface area contributed by atoms with Crippen LogP contribution in [0.25, 0.3) is 11.0 Å². The Balaban J connectivity index is 2.17. The van der Waals surface area contributed by atoms with Crippen molar-refractivity contribution >= 4 is 11.0 Å². The van der Waals surface area contributed by atoms with Gasteiger partial charge in [0.2, 0.25) is 0 Å². The maximum atomic E-state index is 9.58. The summed E-state index contributed by atoms with van der Waals surface area (Å²) >= 11 is 0. The second-order valence-corrected chi connectivity index (χ2v) is 5.08. The van der Waals surface area contributed by atoms with Gasteiger partial charge in [0.05, 0.1) is 0 Å². The van der Waals surface area contributed by atoms with Gasteiger partial charge in [-0.25, -0.2) is 0 Å². The van der Waals surface area contributed by atoms with E-state index in [9.17, 15) is 5.11 Å². The monoisotopic (exact) mass is 231 g/mol. The van der Waals surface area contributed by atoms with Gasteiger partial charge in [0.25, 0.3) is 0 Å². The van der Waals surface area contributed by atoms with Crippen molar-refractivity contribution in [3.8, 4) is 5.75 Å². The third-order valence-electron chi connectivity index (χ3n) is 3.28. The van der Waals surface area contributed by atoms with E-state index < -0.39 is 0 Å². The topological polar surface area (TPSA) is 59.4 Å². The van der Waals surface area contributed by atoms with Crippen LogP contribution in [0, 0.1) is 0 Å². The standard InChI is InChI=1S/C14H17NO2/c1-8(15)6-12-11-7-10(16)4-5-13(11)17-14(12)9-2-3-9/h4-5,7-9,16H,2-3,6,15H2,1H3. The summed E-state index contributed by atoms with van der Waals surface area (Å²) in [5, 5.41) is 10.6. The van der Waals surface area contributed by atoms with Gasteiger partial charge in [0, 0.05) is 22.9 Å². The lowest BCUT2D eigenvalue weighted by Gasteiger charge is -2.05. The van der Waals surface area contributed by atoms with E-state index in [0.29, 0.717) is 5.92 Å². The summed E-state index contributed by atoms with van der Waals surface area (Å²) in [6.45, 7) is 2.00. The molecule has 1 heterocycles. The van der Waals surface area contributed by atoms with E-state index >= 15 is 0 Å². The third-order valence-corrected chi connectivity index (χ3v) is 3.28. The summed E-state index contributed by atoms with van der Waals surface area (Å²) in [5.41, 5.74) is 7.95. The van der Waals surface area contributed by atoms with Crippen LogP contribution >= 0.6 is 0 Å². The first-order valence-electron chi connectivity index (χ1n) is 6.15. The van der Waals surface area contributed by atoms with Gasteiger partial charge in [-0.2, -0.15) is 0 Å². The van der Waals surface area contributed by atoms with E-state index in [1.807, 2.05) is 13.0 Å². The Morgan fingerprint density at radius 2 is 2.24 bits per heavy atom. The van der Waals surface area contributed by atoms with E-state index in [0.717, 1.165) is 23.2 Å². The molecule has 1 aromatic carbocycles. The van der Waals surface area contributed by atoms with E-state index in [-0.39, 0.29) is 11.8 Å². The summed E-state index contributed by atoms with van der Waals surface area (Å²) < 4.78 is 5.91. The molecule has 1 fully saturated rings. The van der Waals surface area contributed by atoms with Crippen molar-refractivity contribution < 1.29 is 9.52 Å². The minimum atomic E-state index is 0.107. The Bertz CT molecular complexity index is 553. The molecule has 0 spiro atoms. The van der Waals surface area contributed by atoms with Crippen molar-refractivity contribution in [3.05, 3.63) is 29.5 Å². The Hall–Kier alpha value is -1.48. The van der Waals surface area contributed by atoms with E-state index in [1.54, 1.807) is 12.1 Å². The zero-order chi connectivity index (χ0) is 12.0. The average molecular weight is 231 g/mol. The SMILES string of the molecule is CC(N)Cc1c(C2CC2)oc2ccc(O)cc12. The summed E-state index contributed by atoms with van der Waals surface area (Å²) in [6, 6.07) is 5.39. The number of furan rings is 1. The molecule has 0 saturated heterocycles. The van der Waals surface area contributed by atoms with Crippen LogP contribution < -0.4 is 5.73 Å². The van der Waals surface area contributed by atoms with Crippen molar-refractivity contribution in [2.24, 2.45) is 5.73 Å². The van der Waals surface area contributed by atoms with Crippen molar-refractivity contribution in [1.29, 1.82) is 0 Å². The largest absolute Gasteiger partial charge is 0.508 e. The van der Waals surface area contributed by atoms with Gasteiger partial charge in [-0.05, 0) is 44.4 Å². The number of hydrogen-bond acceptors (Lipinski definition) is 3. The maximum absolute atomic E-state index is 9.58. The highest BCUT2D eigenvalue weighted by molar-refractivity contribution is 5.84. The molecule has 3 rings (SSSR count). The molecule has 0 aliphatic heterocycles. The molecule has 90 valence electrons. The number of nitrogens with two attached hydrogens (primary N) is 1. The molecule has 0 radical (unpaired) electrons. The molecule has 2 aromatic rings. The Morgan fingerprint density at radius 3 is 2.88 bits per heavy atom. The predicted molar refractivity (Wildman–Crippen MR) is 67.2 cm³/mol. The Labute approximate surface area is 100 Å². The number of aromatic hydroxyl groups is 1. The first-order chi connectivity index (χ1) is 8.15. The molecular weight excluding hydrogens is 214 g/mol. The van der Waals surface area contributed by atoms with Crippen LogP contribution in [0.4, 0.5) is 0 Å². The van der Waals surface area contributed by atoms with Gasteiger partial charge < -0.3 is 15.3 Å². The first kappa shape index (κ1) is 10.7. The summed E-state index contributed by atoms with van der Waals surface area (Å²) in [6.07, 6.45) is 3.22. The summed E-state index contributed by atoms with van der Waals surface area (Å²) in [7, 11) is 0. The number of phenols is 1. The fraction of sp³-hybridized carbons (Fsp3) is 0.429. The van der Waals surface area contributed by atoms with Crippen molar-refractivity contribution in [1.82, 2.24) is 0 Å². The quantitative estimate of drug-likeness (QED) is 0.853. The van der Waals surface area contributed by atoms with E-state index in [4.69, 9.17) is 10.2 Å². The van der Waals surface area contributed by atoms with Crippen LogP contribution in [0.3, 0.4) is 0 Å². The molecule has 1 aromatic heterocycles. The number of rotatable bonds is 3. The Morgan fingerprint density at radius 1 is 1.47 bits per heavy atom. The highest BCUT2D eigenvalue weighted by Gasteiger charge is 2.31. The number of hydrogen-bond donors (Lipinski definition) is 2. The van der Waals surface area contributed by atoms with Gasteiger partial charge in [0.1, 0.15) is 17.1 Å². The zero-order valence-electron chi connectivity index (χ0n) is 9.94. The van der Waals surface area contributed by atoms with Crippen LogP contribution in [0.5, 0.6) is 5.75 Å². The van der Waals surface area contributed by atoms with Crippen molar-refractivity contribution in [2.75, 3.05) is 0 Å². The lowest BCUT2D eigenvalue weighted by atomic mass is 10.0. The second-order valence-electron chi connectivity index (χ2n) is 5.08. The fourth-order valence-corrected chi connectivity index (χ4v) is 2.36. The van der Waals surface area contributed by atoms with E-state index in [1.165, 1.54) is 18.4 Å². The van der Waals surface area contributed by atoms with Crippen LogP contribution in [0.15, 0.2) is 22.6 Å². The summed E-state index contributed by atoms with van der Waals surface area (Å²) in [4.78, 5) is 0. The van der Waals surface area contributed by atoms with Crippen LogP contribution in [-0.2, 0) is 6.42 Å². The number of phenolic OH excluding ortho intramolecular Hbond substituents is 1. The Kier molecular flexibility index (Phi) is 2.37. The molecule has 1 aliphatic rings. The number of fused-ring (bicyclic) bond motifs is 1. The minimum Gasteiger partial charge on any atom is -0.508 e. The highest BCUT2D eigenvalue weighted by Crippen LogP contribution is 2.45. The minimum absolute atomic E-state index is 0.107. The van der Waals surface area contributed by atoms with Crippen molar-refractivity contribution in [3.63, 3.8) is 0 Å². The molecule has 3 N–H and O–H groups in total. The molecule has 3 heteroatoms. The van der Waals surface area contributed by atoms with Gasteiger partial charge in [-0.1, -0.05) is 0 Å². The molecule has 17 heavy (non-hydrogen) atoms. The third kappa shape index (κ3) is 1.91. The van der Waals surface area contributed by atoms with Gasteiger partial charge in [-0.3, -0.25) is 0 Å². The van der Waals surface area contributed by atoms with Gasteiger partial charge in [-0.15, -0.1) is 0 Å². The van der Waals surface area contributed by atoms with Crippen LogP contribution in [-0.4, -0.2) is 11.1 Å². The molecule has 0 amide bonds. The average Bonchev–Trinajstić information content (AvgIpc) is 3.04. The lowest BCUT2D eigenvalue weighted by molar-refractivity contribution is 0.475. The smallest absolute Gasteiger partial charge is 0.134 e. The van der Waals surface area contributed by atoms with Crippen molar-refractivity contribution in [2.45, 2.75) is 38.1 Å². The highest BCUT2D eigenvalue weighted by atomic mass is 16.3. The van der Waals surface area contributed by atoms with Gasteiger partial charge >= 0.3 is 0 Å².